The smallest absolute Gasteiger partial charge is 0.248 e. The first-order valence-corrected chi connectivity index (χ1v) is 15.2. The minimum Gasteiger partial charge on any atom is -0.378 e. The molecule has 5 rings (SSSR count). The SMILES string of the molecule is CO[C@@H]1C[C@]1(NC(=O)[C@H](CC(=O)NC1COC1)NS(=O)(=O)c1ccc(C)cc1)C(=O)NCc1cccc2ccccc12. The zero-order valence-corrected chi connectivity index (χ0v) is 24.2. The average molecular weight is 595 g/mol. The van der Waals surface area contributed by atoms with E-state index >= 15 is 0 Å². The van der Waals surface area contributed by atoms with Gasteiger partial charge in [0.25, 0.3) is 0 Å². The fourth-order valence-electron chi connectivity index (χ4n) is 4.98. The molecule has 1 aliphatic carbocycles. The molecule has 3 aromatic rings. The normalized spacial score (nSPS) is 20.8. The van der Waals surface area contributed by atoms with Gasteiger partial charge in [0, 0.05) is 20.1 Å². The van der Waals surface area contributed by atoms with E-state index in [4.69, 9.17) is 9.47 Å². The molecule has 2 fully saturated rings. The van der Waals surface area contributed by atoms with E-state index in [9.17, 15) is 22.8 Å². The van der Waals surface area contributed by atoms with Crippen molar-refractivity contribution in [2.24, 2.45) is 0 Å². The van der Waals surface area contributed by atoms with Crippen molar-refractivity contribution in [3.63, 3.8) is 0 Å². The van der Waals surface area contributed by atoms with Crippen LogP contribution in [0, 0.1) is 6.92 Å². The van der Waals surface area contributed by atoms with Crippen LogP contribution in [0.1, 0.15) is 24.0 Å². The molecule has 0 spiro atoms. The van der Waals surface area contributed by atoms with Crippen LogP contribution in [-0.4, -0.2) is 70.2 Å². The van der Waals surface area contributed by atoms with Crippen LogP contribution >= 0.6 is 0 Å². The van der Waals surface area contributed by atoms with E-state index in [1.54, 1.807) is 12.1 Å². The number of aryl methyl sites for hydroxylation is 1. The standard InChI is InChI=1S/C30H34N4O7S/c1-19-10-12-23(13-11-19)42(38,39)34-25(14-27(35)32-22-17-41-18-22)28(36)33-30(15-26(30)40-2)29(37)31-16-21-8-5-7-20-6-3-4-9-24(20)21/h3-13,22,25-26,34H,14-18H2,1-2H3,(H,31,37)(H,32,35)(H,33,36)/t25-,26+,30+/m0/s1. The molecule has 0 radical (unpaired) electrons. The lowest BCUT2D eigenvalue weighted by molar-refractivity contribution is -0.133. The summed E-state index contributed by atoms with van der Waals surface area (Å²) in [4.78, 5) is 39.8. The number of hydrogen-bond acceptors (Lipinski definition) is 7. The van der Waals surface area contributed by atoms with E-state index in [1.807, 2.05) is 49.4 Å². The summed E-state index contributed by atoms with van der Waals surface area (Å²) in [5.41, 5.74) is 0.349. The molecule has 1 heterocycles. The van der Waals surface area contributed by atoms with Crippen LogP contribution in [0.25, 0.3) is 10.8 Å². The van der Waals surface area contributed by atoms with E-state index in [-0.39, 0.29) is 23.9 Å². The molecule has 3 aromatic carbocycles. The average Bonchev–Trinajstić information content (AvgIpc) is 3.67. The highest BCUT2D eigenvalue weighted by Gasteiger charge is 2.62. The summed E-state index contributed by atoms with van der Waals surface area (Å²) in [5.74, 6) is -1.80. The predicted molar refractivity (Wildman–Crippen MR) is 155 cm³/mol. The second-order valence-corrected chi connectivity index (χ2v) is 12.4. The number of carbonyl (C=O) groups is 3. The lowest BCUT2D eigenvalue weighted by Crippen LogP contribution is -2.58. The maximum absolute atomic E-state index is 13.6. The Labute approximate surface area is 244 Å². The molecular formula is C30H34N4O7S. The second kappa shape index (κ2) is 12.2. The van der Waals surface area contributed by atoms with Gasteiger partial charge in [-0.2, -0.15) is 4.72 Å². The number of methoxy groups -OCH3 is 1. The number of rotatable bonds is 12. The summed E-state index contributed by atoms with van der Waals surface area (Å²) in [6.07, 6.45) is -0.900. The van der Waals surface area contributed by atoms with Crippen molar-refractivity contribution >= 4 is 38.5 Å². The van der Waals surface area contributed by atoms with Crippen LogP contribution in [0.3, 0.4) is 0 Å². The molecule has 0 bridgehead atoms. The Hall–Kier alpha value is -3.84. The van der Waals surface area contributed by atoms with Crippen LogP contribution in [-0.2, 0) is 40.4 Å². The van der Waals surface area contributed by atoms with Gasteiger partial charge in [0.15, 0.2) is 0 Å². The summed E-state index contributed by atoms with van der Waals surface area (Å²) >= 11 is 0. The molecule has 42 heavy (non-hydrogen) atoms. The van der Waals surface area contributed by atoms with E-state index in [2.05, 4.69) is 20.7 Å². The van der Waals surface area contributed by atoms with E-state index in [0.717, 1.165) is 21.9 Å². The quantitative estimate of drug-likeness (QED) is 0.247. The molecule has 4 N–H and O–H groups in total. The Morgan fingerprint density at radius 3 is 2.40 bits per heavy atom. The van der Waals surface area contributed by atoms with Crippen molar-refractivity contribution in [2.45, 2.75) is 54.9 Å². The molecule has 2 aliphatic rings. The fourth-order valence-corrected chi connectivity index (χ4v) is 6.18. The third kappa shape index (κ3) is 6.46. The van der Waals surface area contributed by atoms with Gasteiger partial charge >= 0.3 is 0 Å². The predicted octanol–water partition coefficient (Wildman–Crippen LogP) is 1.29. The maximum atomic E-state index is 13.6. The maximum Gasteiger partial charge on any atom is 0.248 e. The molecule has 1 saturated heterocycles. The Bertz CT molecular complexity index is 1590. The van der Waals surface area contributed by atoms with Gasteiger partial charge in [-0.15, -0.1) is 0 Å². The third-order valence-electron chi connectivity index (χ3n) is 7.59. The molecular weight excluding hydrogens is 560 g/mol. The Kier molecular flexibility index (Phi) is 8.60. The molecule has 0 unspecified atom stereocenters. The van der Waals surface area contributed by atoms with Crippen molar-refractivity contribution in [3.05, 3.63) is 77.9 Å². The largest absolute Gasteiger partial charge is 0.378 e. The molecule has 1 aliphatic heterocycles. The Morgan fingerprint density at radius 2 is 1.74 bits per heavy atom. The van der Waals surface area contributed by atoms with Crippen LogP contribution < -0.4 is 20.7 Å². The number of sulfonamides is 1. The zero-order valence-electron chi connectivity index (χ0n) is 23.4. The molecule has 3 atom stereocenters. The highest BCUT2D eigenvalue weighted by atomic mass is 32.2. The minimum absolute atomic E-state index is 0.0533. The van der Waals surface area contributed by atoms with Gasteiger partial charge in [-0.25, -0.2) is 8.42 Å². The van der Waals surface area contributed by atoms with Crippen LogP contribution in [0.2, 0.25) is 0 Å². The van der Waals surface area contributed by atoms with E-state index < -0.39 is 51.9 Å². The number of fused-ring (bicyclic) bond motifs is 1. The number of hydrogen-bond donors (Lipinski definition) is 4. The summed E-state index contributed by atoms with van der Waals surface area (Å²) < 4.78 is 39.2. The lowest BCUT2D eigenvalue weighted by Gasteiger charge is -2.28. The van der Waals surface area contributed by atoms with E-state index in [1.165, 1.54) is 19.2 Å². The Morgan fingerprint density at radius 1 is 1.02 bits per heavy atom. The number of carbonyl (C=O) groups excluding carboxylic acids is 3. The second-order valence-electron chi connectivity index (χ2n) is 10.7. The van der Waals surface area contributed by atoms with Crippen molar-refractivity contribution in [2.75, 3.05) is 20.3 Å². The van der Waals surface area contributed by atoms with Crippen molar-refractivity contribution in [3.8, 4) is 0 Å². The molecule has 222 valence electrons. The van der Waals surface area contributed by atoms with Gasteiger partial charge < -0.3 is 25.4 Å². The number of benzene rings is 3. The molecule has 12 heteroatoms. The third-order valence-corrected chi connectivity index (χ3v) is 9.08. The summed E-state index contributed by atoms with van der Waals surface area (Å²) in [7, 11) is -2.74. The van der Waals surface area contributed by atoms with Gasteiger partial charge in [0.2, 0.25) is 27.7 Å². The van der Waals surface area contributed by atoms with Crippen molar-refractivity contribution in [1.82, 2.24) is 20.7 Å². The lowest BCUT2D eigenvalue weighted by atomic mass is 10.0. The monoisotopic (exact) mass is 594 g/mol. The first-order chi connectivity index (χ1) is 20.1. The van der Waals surface area contributed by atoms with Gasteiger partial charge in [0.05, 0.1) is 36.7 Å². The molecule has 11 nitrogen and oxygen atoms in total. The van der Waals surface area contributed by atoms with Crippen LogP contribution in [0.15, 0.2) is 71.6 Å². The van der Waals surface area contributed by atoms with Gasteiger partial charge in [-0.05, 0) is 35.4 Å². The highest BCUT2D eigenvalue weighted by molar-refractivity contribution is 7.89. The number of amides is 3. The summed E-state index contributed by atoms with van der Waals surface area (Å²) in [5, 5.41) is 10.4. The van der Waals surface area contributed by atoms with Gasteiger partial charge in [-0.3, -0.25) is 14.4 Å². The zero-order chi connectivity index (χ0) is 29.9. The molecule has 3 amide bonds. The van der Waals surface area contributed by atoms with Crippen LogP contribution in [0.5, 0.6) is 0 Å². The van der Waals surface area contributed by atoms with Gasteiger partial charge in [0.1, 0.15) is 11.6 Å². The first-order valence-electron chi connectivity index (χ1n) is 13.7. The highest BCUT2D eigenvalue weighted by Crippen LogP contribution is 2.39. The summed E-state index contributed by atoms with van der Waals surface area (Å²) in [6.45, 7) is 2.71. The Balaban J connectivity index is 1.32. The topological polar surface area (TPSA) is 152 Å². The fraction of sp³-hybridized carbons (Fsp3) is 0.367. The van der Waals surface area contributed by atoms with Crippen molar-refractivity contribution < 1.29 is 32.3 Å². The van der Waals surface area contributed by atoms with E-state index in [0.29, 0.717) is 13.2 Å². The molecule has 0 aromatic heterocycles. The van der Waals surface area contributed by atoms with Crippen molar-refractivity contribution in [1.29, 1.82) is 0 Å². The number of ether oxygens (including phenoxy) is 2. The minimum atomic E-state index is -4.18. The van der Waals surface area contributed by atoms with Gasteiger partial charge in [-0.1, -0.05) is 60.2 Å². The molecule has 1 saturated carbocycles. The number of nitrogens with one attached hydrogen (secondary N) is 4. The van der Waals surface area contributed by atoms with Crippen LogP contribution in [0.4, 0.5) is 0 Å². The summed E-state index contributed by atoms with van der Waals surface area (Å²) in [6, 6.07) is 18.0. The first kappa shape index (κ1) is 29.6.